The molecule has 5 nitrogen and oxygen atoms in total. The third-order valence-electron chi connectivity index (χ3n) is 5.74. The molecule has 0 aromatic heterocycles. The van der Waals surface area contributed by atoms with Gasteiger partial charge < -0.3 is 14.0 Å². The first-order valence-corrected chi connectivity index (χ1v) is 8.62. The Morgan fingerprint density at radius 2 is 2.09 bits per heavy atom. The minimum atomic E-state index is -0.241. The molecule has 2 aliphatic carbocycles. The van der Waals surface area contributed by atoms with Crippen LogP contribution >= 0.6 is 0 Å². The van der Waals surface area contributed by atoms with Gasteiger partial charge in [0.25, 0.3) is 0 Å². The molecule has 1 aliphatic heterocycles. The summed E-state index contributed by atoms with van der Waals surface area (Å²) in [5.74, 6) is -0.229. The van der Waals surface area contributed by atoms with Gasteiger partial charge in [0.15, 0.2) is 0 Å². The minimum Gasteiger partial charge on any atom is -0.465 e. The Hall–Kier alpha value is -1.10. The first-order valence-electron chi connectivity index (χ1n) is 8.62. The van der Waals surface area contributed by atoms with Gasteiger partial charge >= 0.3 is 11.9 Å². The molecular weight excluding hydrogens is 282 g/mol. The molecule has 1 saturated heterocycles. The van der Waals surface area contributed by atoms with Crippen molar-refractivity contribution in [2.45, 2.75) is 38.7 Å². The Bertz CT molecular complexity index is 460. The van der Waals surface area contributed by atoms with Crippen LogP contribution < -0.4 is 0 Å². The van der Waals surface area contributed by atoms with Crippen LogP contribution in [0.1, 0.15) is 32.6 Å². The molecule has 2 bridgehead atoms. The molecule has 0 unspecified atom stereocenters. The first kappa shape index (κ1) is 15.8. The maximum Gasteiger partial charge on any atom is 0.310 e. The van der Waals surface area contributed by atoms with E-state index in [2.05, 4.69) is 21.0 Å². The van der Waals surface area contributed by atoms with Gasteiger partial charge in [0, 0.05) is 12.3 Å². The van der Waals surface area contributed by atoms with Crippen LogP contribution in [0.3, 0.4) is 0 Å². The topological polar surface area (TPSA) is 52.6 Å². The van der Waals surface area contributed by atoms with Crippen LogP contribution in [-0.2, 0) is 19.1 Å². The van der Waals surface area contributed by atoms with Crippen molar-refractivity contribution in [2.75, 3.05) is 33.8 Å². The SMILES string of the molecule is CCC[N+](C)(C)CCCOC(=O)[C@H]1[C@@H]2C[C@@H]3[C@@H]1C(=O)O[C@@H]3C2. The summed E-state index contributed by atoms with van der Waals surface area (Å²) < 4.78 is 11.8. The van der Waals surface area contributed by atoms with Gasteiger partial charge in [-0.05, 0) is 25.2 Å². The molecule has 0 spiro atoms. The maximum atomic E-state index is 12.4. The van der Waals surface area contributed by atoms with Gasteiger partial charge in [-0.2, -0.15) is 0 Å². The van der Waals surface area contributed by atoms with E-state index >= 15 is 0 Å². The zero-order valence-corrected chi connectivity index (χ0v) is 13.9. The van der Waals surface area contributed by atoms with Gasteiger partial charge in [-0.1, -0.05) is 6.92 Å². The van der Waals surface area contributed by atoms with Crippen molar-refractivity contribution < 1.29 is 23.5 Å². The predicted molar refractivity (Wildman–Crippen MR) is 80.8 cm³/mol. The zero-order valence-electron chi connectivity index (χ0n) is 13.9. The van der Waals surface area contributed by atoms with E-state index in [1.54, 1.807) is 0 Å². The fourth-order valence-electron chi connectivity index (χ4n) is 4.80. The Kier molecular flexibility index (Phi) is 4.19. The van der Waals surface area contributed by atoms with Gasteiger partial charge in [0.2, 0.25) is 0 Å². The number of fused-ring (bicyclic) bond motifs is 1. The summed E-state index contributed by atoms with van der Waals surface area (Å²) in [6.07, 6.45) is 3.92. The summed E-state index contributed by atoms with van der Waals surface area (Å²) in [7, 11) is 4.41. The lowest BCUT2D eigenvalue weighted by atomic mass is 9.80. The van der Waals surface area contributed by atoms with Crippen LogP contribution in [-0.4, -0.2) is 56.3 Å². The lowest BCUT2D eigenvalue weighted by Crippen LogP contribution is -2.41. The lowest BCUT2D eigenvalue weighted by molar-refractivity contribution is -0.890. The highest BCUT2D eigenvalue weighted by Crippen LogP contribution is 2.57. The Balaban J connectivity index is 1.46. The van der Waals surface area contributed by atoms with Crippen LogP contribution in [0.2, 0.25) is 0 Å². The van der Waals surface area contributed by atoms with Crippen LogP contribution in [0.15, 0.2) is 0 Å². The number of hydrogen-bond donors (Lipinski definition) is 0. The zero-order chi connectivity index (χ0) is 15.9. The van der Waals surface area contributed by atoms with Crippen LogP contribution in [0.4, 0.5) is 0 Å². The normalized spacial score (nSPS) is 35.8. The molecule has 3 rings (SSSR count). The number of nitrogens with zero attached hydrogens (tertiary/aromatic N) is 1. The standard InChI is InChI=1S/C17H28NO4/c1-4-6-18(2,3)7-5-8-21-16(19)14-11-9-12-13(10-11)22-17(20)15(12)14/h11-15H,4-10H2,1-3H3/q+1/t11-,12+,13-,14+,15+/m1/s1. The summed E-state index contributed by atoms with van der Waals surface area (Å²) >= 11 is 0. The van der Waals surface area contributed by atoms with E-state index in [1.165, 1.54) is 0 Å². The van der Waals surface area contributed by atoms with Crippen LogP contribution in [0.5, 0.6) is 0 Å². The molecule has 1 heterocycles. The molecule has 124 valence electrons. The molecule has 0 N–H and O–H groups in total. The molecule has 22 heavy (non-hydrogen) atoms. The second-order valence-electron chi connectivity index (χ2n) is 7.83. The molecule has 0 aromatic rings. The smallest absolute Gasteiger partial charge is 0.310 e. The van der Waals surface area contributed by atoms with E-state index in [0.29, 0.717) is 12.5 Å². The van der Waals surface area contributed by atoms with Crippen molar-refractivity contribution in [3.8, 4) is 0 Å². The Labute approximate surface area is 132 Å². The van der Waals surface area contributed by atoms with Crippen molar-refractivity contribution in [1.82, 2.24) is 0 Å². The highest BCUT2D eigenvalue weighted by atomic mass is 16.6. The first-order chi connectivity index (χ1) is 10.4. The number of carbonyl (C=O) groups is 2. The van der Waals surface area contributed by atoms with Gasteiger partial charge in [-0.15, -0.1) is 0 Å². The van der Waals surface area contributed by atoms with Gasteiger partial charge in [0.05, 0.1) is 45.6 Å². The van der Waals surface area contributed by atoms with Crippen molar-refractivity contribution in [3.63, 3.8) is 0 Å². The average molecular weight is 310 g/mol. The van der Waals surface area contributed by atoms with E-state index in [-0.39, 0.29) is 35.8 Å². The maximum absolute atomic E-state index is 12.4. The van der Waals surface area contributed by atoms with Crippen molar-refractivity contribution >= 4 is 11.9 Å². The summed E-state index contributed by atoms with van der Waals surface area (Å²) in [6, 6.07) is 0. The number of carbonyl (C=O) groups excluding carboxylic acids is 2. The predicted octanol–water partition coefficient (Wildman–Crippen LogP) is 1.60. The molecule has 5 atom stereocenters. The van der Waals surface area contributed by atoms with Crippen molar-refractivity contribution in [1.29, 1.82) is 0 Å². The number of hydrogen-bond acceptors (Lipinski definition) is 4. The highest BCUT2D eigenvalue weighted by Gasteiger charge is 2.64. The molecule has 0 aromatic carbocycles. The van der Waals surface area contributed by atoms with E-state index in [9.17, 15) is 9.59 Å². The molecular formula is C17H28NO4+. The fraction of sp³-hybridized carbons (Fsp3) is 0.882. The molecule has 0 amide bonds. The fourth-order valence-corrected chi connectivity index (χ4v) is 4.80. The number of ether oxygens (including phenoxy) is 2. The summed E-state index contributed by atoms with van der Waals surface area (Å²) in [4.78, 5) is 24.3. The monoisotopic (exact) mass is 310 g/mol. The number of esters is 2. The van der Waals surface area contributed by atoms with Crippen LogP contribution in [0.25, 0.3) is 0 Å². The summed E-state index contributed by atoms with van der Waals surface area (Å²) in [5.41, 5.74) is 0. The van der Waals surface area contributed by atoms with Crippen molar-refractivity contribution in [2.24, 2.45) is 23.7 Å². The van der Waals surface area contributed by atoms with Crippen molar-refractivity contribution in [3.05, 3.63) is 0 Å². The Morgan fingerprint density at radius 1 is 1.32 bits per heavy atom. The van der Waals surface area contributed by atoms with E-state index in [0.717, 1.165) is 43.3 Å². The van der Waals surface area contributed by atoms with E-state index in [4.69, 9.17) is 9.47 Å². The third kappa shape index (κ3) is 2.75. The second-order valence-corrected chi connectivity index (χ2v) is 7.83. The highest BCUT2D eigenvalue weighted by molar-refractivity contribution is 5.85. The van der Waals surface area contributed by atoms with Crippen LogP contribution in [0, 0.1) is 23.7 Å². The molecule has 2 saturated carbocycles. The van der Waals surface area contributed by atoms with Gasteiger partial charge in [0.1, 0.15) is 6.10 Å². The summed E-state index contributed by atoms with van der Waals surface area (Å²) in [5, 5.41) is 0. The lowest BCUT2D eigenvalue weighted by Gasteiger charge is -2.29. The van der Waals surface area contributed by atoms with E-state index in [1.807, 2.05) is 0 Å². The average Bonchev–Trinajstić information content (AvgIpc) is 3.04. The van der Waals surface area contributed by atoms with Gasteiger partial charge in [-0.3, -0.25) is 9.59 Å². The molecule has 3 fully saturated rings. The second kappa shape index (κ2) is 5.84. The minimum absolute atomic E-state index is 0.0821. The van der Waals surface area contributed by atoms with Gasteiger partial charge in [-0.25, -0.2) is 0 Å². The third-order valence-corrected chi connectivity index (χ3v) is 5.74. The molecule has 5 heteroatoms. The quantitative estimate of drug-likeness (QED) is 0.407. The Morgan fingerprint density at radius 3 is 2.82 bits per heavy atom. The number of quaternary nitrogens is 1. The molecule has 3 aliphatic rings. The largest absolute Gasteiger partial charge is 0.465 e. The molecule has 0 radical (unpaired) electrons. The van der Waals surface area contributed by atoms with E-state index < -0.39 is 0 Å². The summed E-state index contributed by atoms with van der Waals surface area (Å²) in [6.45, 7) is 4.79. The number of rotatable bonds is 7.